The zero-order chi connectivity index (χ0) is 30.2. The summed E-state index contributed by atoms with van der Waals surface area (Å²) < 4.78 is 128. The highest BCUT2D eigenvalue weighted by molar-refractivity contribution is 7.85. The van der Waals surface area contributed by atoms with E-state index in [0.29, 0.717) is 23.3 Å². The third-order valence-corrected chi connectivity index (χ3v) is 6.62. The first-order chi connectivity index (χ1) is 19.0. The first kappa shape index (κ1) is 29.7. The van der Waals surface area contributed by atoms with E-state index < -0.39 is 62.6 Å². The average Bonchev–Trinajstić information content (AvgIpc) is 3.24. The molecule has 0 saturated carbocycles. The maximum absolute atomic E-state index is 13.7. The van der Waals surface area contributed by atoms with Crippen LogP contribution in [0, 0.1) is 5.82 Å². The summed E-state index contributed by atoms with van der Waals surface area (Å²) in [7, 11) is -5.08. The van der Waals surface area contributed by atoms with Crippen molar-refractivity contribution in [3.05, 3.63) is 100 Å². The van der Waals surface area contributed by atoms with Crippen molar-refractivity contribution in [3.63, 3.8) is 0 Å². The van der Waals surface area contributed by atoms with E-state index in [-0.39, 0.29) is 23.6 Å². The summed E-state index contributed by atoms with van der Waals surface area (Å²) >= 11 is 0. The molecule has 1 amide bonds. The number of rotatable bonds is 7. The molecule has 15 heteroatoms. The lowest BCUT2D eigenvalue weighted by Crippen LogP contribution is -2.20. The molecule has 0 radical (unpaired) electrons. The molecule has 0 spiro atoms. The summed E-state index contributed by atoms with van der Waals surface area (Å²) in [5.74, 6) is -1.01. The van der Waals surface area contributed by atoms with E-state index in [2.05, 4.69) is 10.3 Å². The Balaban J connectivity index is 1.67. The summed E-state index contributed by atoms with van der Waals surface area (Å²) in [6, 6.07) is 10.3. The molecule has 3 aromatic carbocycles. The second kappa shape index (κ2) is 11.0. The molecule has 1 aromatic heterocycles. The van der Waals surface area contributed by atoms with Gasteiger partial charge in [-0.1, -0.05) is 24.3 Å². The van der Waals surface area contributed by atoms with Crippen molar-refractivity contribution in [1.82, 2.24) is 14.9 Å². The van der Waals surface area contributed by atoms with Crippen LogP contribution >= 0.6 is 0 Å². The average molecular weight is 602 g/mol. The molecule has 4 rings (SSSR count). The van der Waals surface area contributed by atoms with Gasteiger partial charge in [0.15, 0.2) is 0 Å². The molecule has 0 unspecified atom stereocenters. The van der Waals surface area contributed by atoms with Crippen LogP contribution in [0.25, 0.3) is 17.1 Å². The highest BCUT2D eigenvalue weighted by Gasteiger charge is 2.38. The normalized spacial score (nSPS) is 12.8. The summed E-state index contributed by atoms with van der Waals surface area (Å²) in [4.78, 5) is 16.0. The number of alkyl halides is 6. The van der Waals surface area contributed by atoms with Crippen LogP contribution in [0.5, 0.6) is 0 Å². The van der Waals surface area contributed by atoms with Crippen molar-refractivity contribution in [3.8, 4) is 0 Å². The predicted molar refractivity (Wildman–Crippen MR) is 132 cm³/mol. The summed E-state index contributed by atoms with van der Waals surface area (Å²) in [5.41, 5.74) is -3.13. The lowest BCUT2D eigenvalue weighted by molar-refractivity contribution is -0.143. The fourth-order valence-corrected chi connectivity index (χ4v) is 4.58. The molecule has 1 heterocycles. The van der Waals surface area contributed by atoms with Crippen molar-refractivity contribution < 1.29 is 48.5 Å². The minimum Gasteiger partial charge on any atom is -0.348 e. The van der Waals surface area contributed by atoms with E-state index in [1.54, 1.807) is 0 Å². The van der Waals surface area contributed by atoms with Crippen LogP contribution < -0.4 is 5.32 Å². The maximum Gasteiger partial charge on any atom is 0.416 e. The van der Waals surface area contributed by atoms with Crippen molar-refractivity contribution in [2.75, 3.05) is 0 Å². The minimum absolute atomic E-state index is 0.0515. The second-order valence-corrected chi connectivity index (χ2v) is 10.1. The van der Waals surface area contributed by atoms with E-state index in [9.17, 15) is 48.5 Å². The van der Waals surface area contributed by atoms with Gasteiger partial charge in [-0.3, -0.25) is 9.35 Å². The maximum atomic E-state index is 13.7. The fraction of sp³-hybridized carbons (Fsp3) is 0.154. The second-order valence-electron chi connectivity index (χ2n) is 8.75. The molecule has 0 aliphatic rings. The number of hydrogen-bond acceptors (Lipinski definition) is 4. The molecular weight excluding hydrogens is 583 g/mol. The Morgan fingerprint density at radius 3 is 2.24 bits per heavy atom. The Hall–Kier alpha value is -4.24. The van der Waals surface area contributed by atoms with Crippen molar-refractivity contribution in [2.24, 2.45) is 0 Å². The van der Waals surface area contributed by atoms with Gasteiger partial charge in [0, 0.05) is 12.6 Å². The molecule has 0 bridgehead atoms. The SMILES string of the molecule is O=C(/C=C/c1ccc(F)cc1)NCc1ccc2nc(S(=O)(=O)O)n(Cc3ccc(C(F)(F)F)cc3C(F)(F)F)c2c1. The largest absolute Gasteiger partial charge is 0.416 e. The number of carbonyl (C=O) groups excluding carboxylic acids is 1. The fourth-order valence-electron chi connectivity index (χ4n) is 3.92. The van der Waals surface area contributed by atoms with Crippen LogP contribution in [0.3, 0.4) is 0 Å². The van der Waals surface area contributed by atoms with Crippen LogP contribution in [-0.2, 0) is 40.4 Å². The number of amides is 1. The van der Waals surface area contributed by atoms with Gasteiger partial charge in [-0.05, 0) is 59.2 Å². The first-order valence-electron chi connectivity index (χ1n) is 11.5. The highest BCUT2D eigenvalue weighted by atomic mass is 32.2. The van der Waals surface area contributed by atoms with Crippen molar-refractivity contribution >= 4 is 33.1 Å². The summed E-state index contributed by atoms with van der Waals surface area (Å²) in [6.07, 6.45) is -7.68. The molecule has 41 heavy (non-hydrogen) atoms. The zero-order valence-corrected chi connectivity index (χ0v) is 21.3. The lowest BCUT2D eigenvalue weighted by Gasteiger charge is -2.17. The minimum atomic E-state index is -5.22. The molecule has 0 aliphatic heterocycles. The number of carbonyl (C=O) groups is 1. The highest BCUT2D eigenvalue weighted by Crippen LogP contribution is 2.38. The van der Waals surface area contributed by atoms with Crippen LogP contribution in [0.4, 0.5) is 30.7 Å². The quantitative estimate of drug-likeness (QED) is 0.158. The van der Waals surface area contributed by atoms with Gasteiger partial charge in [-0.2, -0.15) is 34.8 Å². The molecule has 7 nitrogen and oxygen atoms in total. The molecule has 4 aromatic rings. The first-order valence-corrected chi connectivity index (χ1v) is 12.9. The number of halogens is 7. The summed E-state index contributed by atoms with van der Waals surface area (Å²) in [5, 5.41) is 1.52. The van der Waals surface area contributed by atoms with Crippen LogP contribution in [0.2, 0.25) is 0 Å². The van der Waals surface area contributed by atoms with Crippen LogP contribution in [-0.4, -0.2) is 28.4 Å². The van der Waals surface area contributed by atoms with E-state index >= 15 is 0 Å². The molecule has 2 N–H and O–H groups in total. The van der Waals surface area contributed by atoms with Gasteiger partial charge in [0.05, 0.1) is 28.7 Å². The Kier molecular flexibility index (Phi) is 7.96. The van der Waals surface area contributed by atoms with Crippen LogP contribution in [0.1, 0.15) is 27.8 Å². The third-order valence-electron chi connectivity index (χ3n) is 5.84. The number of benzene rings is 3. The number of aromatic nitrogens is 2. The number of fused-ring (bicyclic) bond motifs is 1. The van der Waals surface area contributed by atoms with Gasteiger partial charge >= 0.3 is 22.5 Å². The monoisotopic (exact) mass is 601 g/mol. The van der Waals surface area contributed by atoms with E-state index in [0.717, 1.165) is 4.57 Å². The molecular formula is C26H18F7N3O4S. The van der Waals surface area contributed by atoms with Gasteiger partial charge in [0.2, 0.25) is 5.91 Å². The lowest BCUT2D eigenvalue weighted by atomic mass is 10.0. The summed E-state index contributed by atoms with van der Waals surface area (Å²) in [6.45, 7) is -1.03. The number of hydrogen-bond donors (Lipinski definition) is 2. The zero-order valence-electron chi connectivity index (χ0n) is 20.5. The molecule has 0 saturated heterocycles. The Morgan fingerprint density at radius 1 is 0.951 bits per heavy atom. The van der Waals surface area contributed by atoms with Gasteiger partial charge in [0.1, 0.15) is 5.82 Å². The van der Waals surface area contributed by atoms with E-state index in [4.69, 9.17) is 0 Å². The van der Waals surface area contributed by atoms with E-state index in [1.807, 2.05) is 0 Å². The Bertz CT molecular complexity index is 1740. The smallest absolute Gasteiger partial charge is 0.348 e. The number of nitrogens with one attached hydrogen (secondary N) is 1. The van der Waals surface area contributed by atoms with Gasteiger partial charge in [-0.15, -0.1) is 0 Å². The Labute approximate surface area is 227 Å². The molecule has 0 fully saturated rings. The van der Waals surface area contributed by atoms with E-state index in [1.165, 1.54) is 54.6 Å². The number of nitrogens with zero attached hydrogens (tertiary/aromatic N) is 2. The standard InChI is InChI=1S/C26H18F7N3O4S/c27-19-7-1-15(2-8-19)4-10-23(37)34-13-16-3-9-21-22(11-16)36(24(35-21)41(38,39)40)14-17-5-6-18(25(28,29)30)12-20(17)26(31,32)33/h1-12H,13-14H2,(H,34,37)(H,38,39,40)/b10-4+. The molecule has 0 aliphatic carbocycles. The van der Waals surface area contributed by atoms with Crippen molar-refractivity contribution in [2.45, 2.75) is 30.6 Å². The van der Waals surface area contributed by atoms with Gasteiger partial charge in [0.25, 0.3) is 5.16 Å². The topological polar surface area (TPSA) is 101 Å². The van der Waals surface area contributed by atoms with Gasteiger partial charge < -0.3 is 9.88 Å². The molecule has 216 valence electrons. The Morgan fingerprint density at radius 2 is 1.63 bits per heavy atom. The van der Waals surface area contributed by atoms with Crippen molar-refractivity contribution in [1.29, 1.82) is 0 Å². The van der Waals surface area contributed by atoms with Gasteiger partial charge in [-0.25, -0.2) is 9.37 Å². The number of imidazole rings is 1. The van der Waals surface area contributed by atoms with Crippen LogP contribution in [0.15, 0.2) is 71.9 Å². The third kappa shape index (κ3) is 7.10. The molecule has 0 atom stereocenters. The predicted octanol–water partition coefficient (Wildman–Crippen LogP) is 5.84.